The zero-order valence-corrected chi connectivity index (χ0v) is 14.1. The average Bonchev–Trinajstić information content (AvgIpc) is 3.30. The van der Waals surface area contributed by atoms with E-state index >= 15 is 0 Å². The fourth-order valence-corrected chi connectivity index (χ4v) is 3.19. The van der Waals surface area contributed by atoms with Crippen LogP contribution >= 0.6 is 0 Å². The molecule has 4 heterocycles. The van der Waals surface area contributed by atoms with E-state index in [1.54, 1.807) is 10.8 Å². The Labute approximate surface area is 144 Å². The molecule has 0 bridgehead atoms. The van der Waals surface area contributed by atoms with Gasteiger partial charge in [0.05, 0.1) is 18.7 Å². The van der Waals surface area contributed by atoms with Crippen LogP contribution in [0, 0.1) is 12.8 Å². The molecule has 1 amide bonds. The highest BCUT2D eigenvalue weighted by atomic mass is 16.3. The van der Waals surface area contributed by atoms with Gasteiger partial charge in [-0.15, -0.1) is 15.3 Å². The molecule has 0 spiro atoms. The molecule has 0 unspecified atom stereocenters. The molecule has 1 saturated heterocycles. The van der Waals surface area contributed by atoms with E-state index in [1.165, 1.54) is 0 Å². The molecule has 1 aliphatic heterocycles. The Morgan fingerprint density at radius 1 is 1.36 bits per heavy atom. The third kappa shape index (κ3) is 3.19. The molecule has 0 aliphatic carbocycles. The van der Waals surface area contributed by atoms with Crippen molar-refractivity contribution in [2.45, 2.75) is 26.3 Å². The van der Waals surface area contributed by atoms with Crippen LogP contribution in [0.15, 0.2) is 34.9 Å². The van der Waals surface area contributed by atoms with E-state index in [0.717, 1.165) is 42.4 Å². The SMILES string of the molecule is Cc1nnc2ccc(N3CCC[C@H](C(=O)NCc4ccco4)C3)nn12. The van der Waals surface area contributed by atoms with E-state index < -0.39 is 0 Å². The van der Waals surface area contributed by atoms with E-state index in [1.807, 2.05) is 31.2 Å². The van der Waals surface area contributed by atoms with Crippen LogP contribution in [0.5, 0.6) is 0 Å². The largest absolute Gasteiger partial charge is 0.467 e. The summed E-state index contributed by atoms with van der Waals surface area (Å²) in [5.41, 5.74) is 0.728. The minimum absolute atomic E-state index is 0.0526. The number of anilines is 1. The van der Waals surface area contributed by atoms with Gasteiger partial charge in [0.2, 0.25) is 5.91 Å². The van der Waals surface area contributed by atoms with Crippen molar-refractivity contribution in [3.8, 4) is 0 Å². The number of nitrogens with zero attached hydrogens (tertiary/aromatic N) is 5. The second kappa shape index (κ2) is 6.54. The van der Waals surface area contributed by atoms with Gasteiger partial charge in [-0.25, -0.2) is 0 Å². The van der Waals surface area contributed by atoms with Gasteiger partial charge in [0.1, 0.15) is 11.6 Å². The van der Waals surface area contributed by atoms with Crippen LogP contribution in [0.1, 0.15) is 24.4 Å². The molecule has 8 nitrogen and oxygen atoms in total. The number of carbonyl (C=O) groups is 1. The number of amides is 1. The number of nitrogens with one attached hydrogen (secondary N) is 1. The Kier molecular flexibility index (Phi) is 4.09. The molecule has 1 atom stereocenters. The molecule has 0 aromatic carbocycles. The summed E-state index contributed by atoms with van der Waals surface area (Å²) in [6.45, 7) is 3.84. The summed E-state index contributed by atoms with van der Waals surface area (Å²) in [7, 11) is 0. The zero-order valence-electron chi connectivity index (χ0n) is 14.1. The van der Waals surface area contributed by atoms with Gasteiger partial charge in [-0.1, -0.05) is 0 Å². The molecule has 130 valence electrons. The molecule has 25 heavy (non-hydrogen) atoms. The number of aryl methyl sites for hydroxylation is 1. The lowest BCUT2D eigenvalue weighted by Crippen LogP contribution is -2.43. The summed E-state index contributed by atoms with van der Waals surface area (Å²) in [4.78, 5) is 14.6. The smallest absolute Gasteiger partial charge is 0.225 e. The Hall–Kier alpha value is -2.90. The molecule has 1 N–H and O–H groups in total. The number of hydrogen-bond acceptors (Lipinski definition) is 6. The molecule has 1 aliphatic rings. The average molecular weight is 340 g/mol. The maximum atomic E-state index is 12.5. The van der Waals surface area contributed by atoms with Gasteiger partial charge < -0.3 is 14.6 Å². The summed E-state index contributed by atoms with van der Waals surface area (Å²) >= 11 is 0. The zero-order chi connectivity index (χ0) is 17.2. The monoisotopic (exact) mass is 340 g/mol. The maximum Gasteiger partial charge on any atom is 0.225 e. The molecule has 3 aromatic rings. The van der Waals surface area contributed by atoms with Crippen molar-refractivity contribution in [3.05, 3.63) is 42.1 Å². The van der Waals surface area contributed by atoms with Crippen molar-refractivity contribution >= 4 is 17.4 Å². The predicted molar refractivity (Wildman–Crippen MR) is 91.0 cm³/mol. The Morgan fingerprint density at radius 2 is 2.28 bits per heavy atom. The molecule has 8 heteroatoms. The van der Waals surface area contributed by atoms with Gasteiger partial charge in [0.25, 0.3) is 0 Å². The van der Waals surface area contributed by atoms with Gasteiger partial charge in [-0.05, 0) is 44.0 Å². The van der Waals surface area contributed by atoms with Gasteiger partial charge in [-0.3, -0.25) is 4.79 Å². The van der Waals surface area contributed by atoms with Crippen molar-refractivity contribution in [3.63, 3.8) is 0 Å². The number of furan rings is 1. The minimum atomic E-state index is -0.0526. The van der Waals surface area contributed by atoms with E-state index in [0.29, 0.717) is 13.1 Å². The van der Waals surface area contributed by atoms with Gasteiger partial charge >= 0.3 is 0 Å². The second-order valence-corrected chi connectivity index (χ2v) is 6.29. The Bertz CT molecular complexity index is 873. The topological polar surface area (TPSA) is 88.6 Å². The molecule has 1 fully saturated rings. The third-order valence-corrected chi connectivity index (χ3v) is 4.54. The summed E-state index contributed by atoms with van der Waals surface area (Å²) < 4.78 is 6.99. The highest BCUT2D eigenvalue weighted by molar-refractivity contribution is 5.79. The summed E-state index contributed by atoms with van der Waals surface area (Å²) in [6, 6.07) is 7.52. The van der Waals surface area contributed by atoms with E-state index in [2.05, 4.69) is 25.5 Å². The summed E-state index contributed by atoms with van der Waals surface area (Å²) in [5.74, 6) is 2.36. The fourth-order valence-electron chi connectivity index (χ4n) is 3.19. The summed E-state index contributed by atoms with van der Waals surface area (Å²) in [6.07, 6.45) is 3.45. The molecule has 0 radical (unpaired) electrons. The molecule has 0 saturated carbocycles. The number of fused-ring (bicyclic) bond motifs is 1. The first kappa shape index (κ1) is 15.6. The predicted octanol–water partition coefficient (Wildman–Crippen LogP) is 1.56. The summed E-state index contributed by atoms with van der Waals surface area (Å²) in [5, 5.41) is 15.7. The first-order valence-electron chi connectivity index (χ1n) is 8.45. The van der Waals surface area contributed by atoms with Crippen molar-refractivity contribution in [1.82, 2.24) is 25.1 Å². The maximum absolute atomic E-state index is 12.5. The normalized spacial score (nSPS) is 17.8. The van der Waals surface area contributed by atoms with Crippen LogP contribution in [0.25, 0.3) is 5.65 Å². The number of hydrogen-bond donors (Lipinski definition) is 1. The van der Waals surface area contributed by atoms with Crippen LogP contribution in [0.2, 0.25) is 0 Å². The number of rotatable bonds is 4. The first-order valence-corrected chi connectivity index (χ1v) is 8.45. The van der Waals surface area contributed by atoms with Crippen LogP contribution in [-0.2, 0) is 11.3 Å². The number of aromatic nitrogens is 4. The quantitative estimate of drug-likeness (QED) is 0.775. The number of piperidine rings is 1. The third-order valence-electron chi connectivity index (χ3n) is 4.54. The van der Waals surface area contributed by atoms with Crippen LogP contribution < -0.4 is 10.2 Å². The van der Waals surface area contributed by atoms with Crippen LogP contribution in [-0.4, -0.2) is 38.8 Å². The molecule has 3 aromatic heterocycles. The fraction of sp³-hybridized carbons (Fsp3) is 0.412. The van der Waals surface area contributed by atoms with E-state index in [9.17, 15) is 4.79 Å². The van der Waals surface area contributed by atoms with Gasteiger partial charge in [-0.2, -0.15) is 4.52 Å². The molecular formula is C17H20N6O2. The van der Waals surface area contributed by atoms with Crippen molar-refractivity contribution < 1.29 is 9.21 Å². The van der Waals surface area contributed by atoms with Crippen LogP contribution in [0.3, 0.4) is 0 Å². The number of carbonyl (C=O) groups excluding carboxylic acids is 1. The van der Waals surface area contributed by atoms with E-state index in [4.69, 9.17) is 4.42 Å². The lowest BCUT2D eigenvalue weighted by Gasteiger charge is -2.32. The first-order chi connectivity index (χ1) is 12.2. The standard InChI is InChI=1S/C17H20N6O2/c1-12-19-20-15-6-7-16(21-23(12)15)22-8-2-4-13(11-22)17(24)18-10-14-5-3-9-25-14/h3,5-7,9,13H,2,4,8,10-11H2,1H3,(H,18,24)/t13-/m0/s1. The highest BCUT2D eigenvalue weighted by Crippen LogP contribution is 2.22. The highest BCUT2D eigenvalue weighted by Gasteiger charge is 2.26. The van der Waals surface area contributed by atoms with Crippen molar-refractivity contribution in [2.24, 2.45) is 5.92 Å². The van der Waals surface area contributed by atoms with Gasteiger partial charge in [0, 0.05) is 13.1 Å². The van der Waals surface area contributed by atoms with Crippen molar-refractivity contribution in [1.29, 1.82) is 0 Å². The Morgan fingerprint density at radius 3 is 3.12 bits per heavy atom. The lowest BCUT2D eigenvalue weighted by atomic mass is 9.97. The Balaban J connectivity index is 1.44. The van der Waals surface area contributed by atoms with Crippen molar-refractivity contribution in [2.75, 3.05) is 18.0 Å². The molecular weight excluding hydrogens is 320 g/mol. The van der Waals surface area contributed by atoms with Gasteiger partial charge in [0.15, 0.2) is 11.5 Å². The lowest BCUT2D eigenvalue weighted by molar-refractivity contribution is -0.125. The van der Waals surface area contributed by atoms with Crippen LogP contribution in [0.4, 0.5) is 5.82 Å². The molecule has 4 rings (SSSR count). The van der Waals surface area contributed by atoms with E-state index in [-0.39, 0.29) is 11.8 Å². The second-order valence-electron chi connectivity index (χ2n) is 6.29. The minimum Gasteiger partial charge on any atom is -0.467 e.